The second kappa shape index (κ2) is 7.31. The number of halogens is 1. The fraction of sp³-hybridized carbons (Fsp3) is 0.167. The van der Waals surface area contributed by atoms with Crippen LogP contribution in [-0.2, 0) is 0 Å². The summed E-state index contributed by atoms with van der Waals surface area (Å²) in [6.07, 6.45) is 1.75. The van der Waals surface area contributed by atoms with E-state index in [1.807, 2.05) is 36.6 Å². The zero-order valence-corrected chi connectivity index (χ0v) is 16.2. The highest BCUT2D eigenvalue weighted by atomic mass is 35.5. The molecule has 0 amide bonds. The van der Waals surface area contributed by atoms with E-state index in [0.29, 0.717) is 0 Å². The minimum atomic E-state index is 0. The maximum atomic E-state index is 5.21. The first-order valence-corrected chi connectivity index (χ1v) is 8.76. The van der Waals surface area contributed by atoms with Gasteiger partial charge in [-0.3, -0.25) is 4.57 Å². The van der Waals surface area contributed by atoms with Crippen molar-refractivity contribution in [3.8, 4) is 17.1 Å². The Labute approximate surface area is 161 Å². The van der Waals surface area contributed by atoms with E-state index in [1.54, 1.807) is 17.5 Å². The molecule has 4 heterocycles. The van der Waals surface area contributed by atoms with E-state index in [9.17, 15) is 0 Å². The van der Waals surface area contributed by atoms with E-state index in [-0.39, 0.29) is 12.4 Å². The molecule has 0 saturated carbocycles. The predicted octanol–water partition coefficient (Wildman–Crippen LogP) is 5.07. The van der Waals surface area contributed by atoms with Crippen LogP contribution in [0.25, 0.3) is 17.1 Å². The Morgan fingerprint density at radius 2 is 2.00 bits per heavy atom. The van der Waals surface area contributed by atoms with E-state index in [1.165, 1.54) is 0 Å². The van der Waals surface area contributed by atoms with E-state index in [0.717, 1.165) is 45.2 Å². The number of aryl methyl sites for hydroxylation is 2. The van der Waals surface area contributed by atoms with Gasteiger partial charge in [0.05, 0.1) is 5.69 Å². The van der Waals surface area contributed by atoms with Crippen molar-refractivity contribution < 1.29 is 4.52 Å². The SMILES string of the molecule is Cc1cc(-n2c(C)cc(-c3csc(Nc4ccccn4)n3)c2C)no1.Cl. The van der Waals surface area contributed by atoms with Crippen molar-refractivity contribution in [1.29, 1.82) is 0 Å². The first kappa shape index (κ1) is 18.2. The Morgan fingerprint density at radius 3 is 2.69 bits per heavy atom. The van der Waals surface area contributed by atoms with E-state index >= 15 is 0 Å². The summed E-state index contributed by atoms with van der Waals surface area (Å²) in [4.78, 5) is 8.97. The highest BCUT2D eigenvalue weighted by Crippen LogP contribution is 2.32. The van der Waals surface area contributed by atoms with E-state index in [4.69, 9.17) is 9.51 Å². The smallest absolute Gasteiger partial charge is 0.188 e. The van der Waals surface area contributed by atoms with Gasteiger partial charge in [0.2, 0.25) is 0 Å². The average Bonchev–Trinajstić information content (AvgIpc) is 3.29. The van der Waals surface area contributed by atoms with Gasteiger partial charge < -0.3 is 9.84 Å². The molecule has 8 heteroatoms. The lowest BCUT2D eigenvalue weighted by Crippen LogP contribution is -1.99. The Morgan fingerprint density at radius 1 is 1.15 bits per heavy atom. The first-order valence-electron chi connectivity index (χ1n) is 7.88. The number of thiazole rings is 1. The van der Waals surface area contributed by atoms with Crippen LogP contribution in [-0.4, -0.2) is 19.7 Å². The highest BCUT2D eigenvalue weighted by molar-refractivity contribution is 7.14. The molecule has 4 rings (SSSR count). The molecule has 134 valence electrons. The molecule has 0 fully saturated rings. The largest absolute Gasteiger partial charge is 0.360 e. The van der Waals surface area contributed by atoms with Gasteiger partial charge in [0.25, 0.3) is 0 Å². The number of nitrogens with one attached hydrogen (secondary N) is 1. The first-order chi connectivity index (χ1) is 12.1. The number of hydrogen-bond donors (Lipinski definition) is 1. The molecule has 0 aliphatic carbocycles. The van der Waals surface area contributed by atoms with Crippen LogP contribution in [0.1, 0.15) is 17.1 Å². The van der Waals surface area contributed by atoms with Crippen molar-refractivity contribution in [2.45, 2.75) is 20.8 Å². The molecular formula is C18H18ClN5OS. The van der Waals surface area contributed by atoms with E-state index < -0.39 is 0 Å². The van der Waals surface area contributed by atoms with Crippen LogP contribution < -0.4 is 5.32 Å². The Kier molecular flexibility index (Phi) is 5.11. The standard InChI is InChI=1S/C18H17N5OS.ClH/c1-11-8-14(13(3)23(11)17-9-12(2)24-22-17)15-10-25-18(20-15)21-16-6-4-5-7-19-16;/h4-10H,1-3H3,(H,19,20,21);1H. The van der Waals surface area contributed by atoms with Crippen LogP contribution in [0.5, 0.6) is 0 Å². The summed E-state index contributed by atoms with van der Waals surface area (Å²) in [6, 6.07) is 9.80. The van der Waals surface area contributed by atoms with E-state index in [2.05, 4.69) is 39.9 Å². The molecule has 26 heavy (non-hydrogen) atoms. The zero-order chi connectivity index (χ0) is 17.4. The average molecular weight is 388 g/mol. The minimum Gasteiger partial charge on any atom is -0.360 e. The second-order valence-electron chi connectivity index (χ2n) is 5.79. The number of nitrogens with zero attached hydrogens (tertiary/aromatic N) is 4. The van der Waals surface area contributed by atoms with Gasteiger partial charge in [-0.2, -0.15) is 0 Å². The van der Waals surface area contributed by atoms with Crippen molar-refractivity contribution in [3.05, 3.63) is 59.1 Å². The summed E-state index contributed by atoms with van der Waals surface area (Å²) in [5, 5.41) is 10.2. The molecule has 0 aliphatic heterocycles. The summed E-state index contributed by atoms with van der Waals surface area (Å²) >= 11 is 1.56. The number of anilines is 2. The number of aromatic nitrogens is 4. The fourth-order valence-electron chi connectivity index (χ4n) is 2.83. The molecule has 4 aromatic rings. The quantitative estimate of drug-likeness (QED) is 0.529. The lowest BCUT2D eigenvalue weighted by atomic mass is 10.2. The molecule has 0 bridgehead atoms. The van der Waals surface area contributed by atoms with Gasteiger partial charge in [-0.05, 0) is 39.0 Å². The van der Waals surface area contributed by atoms with Crippen molar-refractivity contribution in [2.24, 2.45) is 0 Å². The topological polar surface area (TPSA) is 68.8 Å². The molecule has 0 atom stereocenters. The molecule has 0 spiro atoms. The molecule has 0 saturated heterocycles. The number of rotatable bonds is 4. The van der Waals surface area contributed by atoms with Crippen LogP contribution in [0.3, 0.4) is 0 Å². The Balaban J connectivity index is 0.00000196. The normalized spacial score (nSPS) is 10.6. The van der Waals surface area contributed by atoms with Gasteiger partial charge in [-0.25, -0.2) is 9.97 Å². The molecule has 6 nitrogen and oxygen atoms in total. The van der Waals surface area contributed by atoms with Gasteiger partial charge in [0.15, 0.2) is 10.9 Å². The van der Waals surface area contributed by atoms with Crippen LogP contribution in [0.4, 0.5) is 10.9 Å². The summed E-state index contributed by atoms with van der Waals surface area (Å²) in [7, 11) is 0. The highest BCUT2D eigenvalue weighted by Gasteiger charge is 2.16. The maximum absolute atomic E-state index is 5.21. The van der Waals surface area contributed by atoms with Crippen molar-refractivity contribution in [3.63, 3.8) is 0 Å². The molecule has 0 unspecified atom stereocenters. The predicted molar refractivity (Wildman–Crippen MR) is 106 cm³/mol. The molecule has 1 N–H and O–H groups in total. The molecule has 4 aromatic heterocycles. The Hall–Kier alpha value is -2.64. The molecule has 0 aromatic carbocycles. The number of hydrogen-bond acceptors (Lipinski definition) is 6. The molecule has 0 radical (unpaired) electrons. The fourth-order valence-corrected chi connectivity index (χ4v) is 3.55. The second-order valence-corrected chi connectivity index (χ2v) is 6.65. The van der Waals surface area contributed by atoms with Crippen LogP contribution in [0.15, 0.2) is 46.4 Å². The lowest BCUT2D eigenvalue weighted by molar-refractivity contribution is 0.394. The van der Waals surface area contributed by atoms with Crippen LogP contribution in [0.2, 0.25) is 0 Å². The minimum absolute atomic E-state index is 0. The monoisotopic (exact) mass is 387 g/mol. The molecular weight excluding hydrogens is 370 g/mol. The zero-order valence-electron chi connectivity index (χ0n) is 14.6. The summed E-state index contributed by atoms with van der Waals surface area (Å²) in [5.74, 6) is 2.37. The maximum Gasteiger partial charge on any atom is 0.188 e. The van der Waals surface area contributed by atoms with Gasteiger partial charge in [-0.1, -0.05) is 11.2 Å². The molecule has 0 aliphatic rings. The van der Waals surface area contributed by atoms with Crippen molar-refractivity contribution >= 4 is 34.7 Å². The van der Waals surface area contributed by atoms with Crippen molar-refractivity contribution in [2.75, 3.05) is 5.32 Å². The van der Waals surface area contributed by atoms with Crippen LogP contribution in [0, 0.1) is 20.8 Å². The summed E-state index contributed by atoms with van der Waals surface area (Å²) in [5.41, 5.74) is 4.19. The third-order valence-corrected chi connectivity index (χ3v) is 4.71. The Bertz CT molecular complexity index is 1020. The van der Waals surface area contributed by atoms with Gasteiger partial charge in [0.1, 0.15) is 11.6 Å². The van der Waals surface area contributed by atoms with Crippen molar-refractivity contribution in [1.82, 2.24) is 19.7 Å². The summed E-state index contributed by atoms with van der Waals surface area (Å²) < 4.78 is 7.29. The summed E-state index contributed by atoms with van der Waals surface area (Å²) in [6.45, 7) is 6.01. The van der Waals surface area contributed by atoms with Gasteiger partial charge in [0, 0.05) is 34.6 Å². The third kappa shape index (κ3) is 3.36. The van der Waals surface area contributed by atoms with Gasteiger partial charge >= 0.3 is 0 Å². The third-order valence-electron chi connectivity index (χ3n) is 3.96. The lowest BCUT2D eigenvalue weighted by Gasteiger charge is -2.04. The number of pyridine rings is 1. The van der Waals surface area contributed by atoms with Gasteiger partial charge in [-0.15, -0.1) is 23.7 Å². The van der Waals surface area contributed by atoms with Crippen LogP contribution >= 0.6 is 23.7 Å².